The summed E-state index contributed by atoms with van der Waals surface area (Å²) in [6.45, 7) is 5.83. The largest absolute Gasteiger partial charge is 0.451 e. The lowest BCUT2D eigenvalue weighted by molar-refractivity contribution is -0.685. The van der Waals surface area contributed by atoms with Gasteiger partial charge in [-0.3, -0.25) is 9.59 Å². The Morgan fingerprint density at radius 3 is 2.48 bits per heavy atom. The number of hydrogen-bond donors (Lipinski definition) is 0. The molecule has 1 aliphatic rings. The number of cyclic esters (lactones) is 1. The molecule has 0 aliphatic carbocycles. The van der Waals surface area contributed by atoms with E-state index in [4.69, 9.17) is 4.74 Å². The lowest BCUT2D eigenvalue weighted by Crippen LogP contribution is -2.46. The predicted molar refractivity (Wildman–Crippen MR) is 84.5 cm³/mol. The third kappa shape index (κ3) is 3.72. The summed E-state index contributed by atoms with van der Waals surface area (Å²) < 4.78 is 8.91. The van der Waals surface area contributed by atoms with Crippen molar-refractivity contribution < 1.29 is 18.9 Å². The highest BCUT2D eigenvalue weighted by atomic mass is 79.9. The van der Waals surface area contributed by atoms with E-state index in [1.54, 1.807) is 11.5 Å². The molecule has 1 fully saturated rings. The van der Waals surface area contributed by atoms with Crippen LogP contribution >= 0.6 is 31.9 Å². The van der Waals surface area contributed by atoms with Crippen LogP contribution in [0.15, 0.2) is 27.4 Å². The van der Waals surface area contributed by atoms with E-state index < -0.39 is 5.60 Å². The van der Waals surface area contributed by atoms with E-state index in [2.05, 4.69) is 31.9 Å². The third-order valence-electron chi connectivity index (χ3n) is 3.81. The summed E-state index contributed by atoms with van der Waals surface area (Å²) in [5.74, 6) is -0.367. The number of carbonyl (C=O) groups is 2. The van der Waals surface area contributed by atoms with Gasteiger partial charge in [-0.1, -0.05) is 13.8 Å². The summed E-state index contributed by atoms with van der Waals surface area (Å²) in [6, 6.07) is 1.90. The number of Topliss-reactive ketones (excluding diaryl/α,β-unsaturated/α-hetero) is 1. The zero-order chi connectivity index (χ0) is 15.8. The number of aromatic nitrogens is 1. The molecule has 1 saturated heterocycles. The Kier molecular flexibility index (Phi) is 4.88. The number of pyridine rings is 1. The van der Waals surface area contributed by atoms with Crippen molar-refractivity contribution in [3.63, 3.8) is 0 Å². The van der Waals surface area contributed by atoms with Gasteiger partial charge in [0, 0.05) is 6.42 Å². The summed E-state index contributed by atoms with van der Waals surface area (Å²) in [7, 11) is 0. The second-order valence-electron chi connectivity index (χ2n) is 5.97. The van der Waals surface area contributed by atoms with Crippen molar-refractivity contribution in [1.82, 2.24) is 0 Å². The maximum absolute atomic E-state index is 12.5. The van der Waals surface area contributed by atoms with Crippen molar-refractivity contribution in [3.8, 4) is 0 Å². The van der Waals surface area contributed by atoms with Gasteiger partial charge < -0.3 is 4.74 Å². The molecule has 2 unspecified atom stereocenters. The van der Waals surface area contributed by atoms with Gasteiger partial charge >= 0.3 is 5.97 Å². The number of carbonyl (C=O) groups excluding carboxylic acids is 2. The predicted octanol–water partition coefficient (Wildman–Crippen LogP) is 3.05. The van der Waals surface area contributed by atoms with E-state index in [1.165, 1.54) is 0 Å². The van der Waals surface area contributed by atoms with Gasteiger partial charge in [-0.25, -0.2) is 0 Å². The Morgan fingerprint density at radius 2 is 2.00 bits per heavy atom. The van der Waals surface area contributed by atoms with Crippen LogP contribution in [-0.4, -0.2) is 17.4 Å². The molecule has 2 atom stereocenters. The minimum absolute atomic E-state index is 0.0889. The quantitative estimate of drug-likeness (QED) is 0.556. The topological polar surface area (TPSA) is 47.2 Å². The molecule has 2 rings (SSSR count). The number of hydrogen-bond acceptors (Lipinski definition) is 3. The second kappa shape index (κ2) is 6.16. The van der Waals surface area contributed by atoms with Crippen LogP contribution in [0.2, 0.25) is 0 Å². The molecular formula is C15H18Br2NO3+. The monoisotopic (exact) mass is 418 g/mol. The van der Waals surface area contributed by atoms with Crippen LogP contribution in [0.5, 0.6) is 0 Å². The first-order valence-corrected chi connectivity index (χ1v) is 8.41. The minimum atomic E-state index is -1.02. The van der Waals surface area contributed by atoms with Crippen molar-refractivity contribution in [2.45, 2.75) is 39.3 Å². The van der Waals surface area contributed by atoms with E-state index in [9.17, 15) is 9.59 Å². The zero-order valence-corrected chi connectivity index (χ0v) is 15.4. The molecule has 0 saturated carbocycles. The van der Waals surface area contributed by atoms with Gasteiger partial charge in [-0.05, 0) is 50.8 Å². The first-order valence-electron chi connectivity index (χ1n) is 6.82. The van der Waals surface area contributed by atoms with Gasteiger partial charge in [-0.2, -0.15) is 4.57 Å². The average Bonchev–Trinajstić information content (AvgIpc) is 2.65. The molecule has 0 amide bonds. The Balaban J connectivity index is 2.15. The molecule has 1 aromatic rings. The third-order valence-corrected chi connectivity index (χ3v) is 4.68. The molecule has 1 aromatic heterocycles. The molecular weight excluding hydrogens is 402 g/mol. The molecule has 6 heteroatoms. The first kappa shape index (κ1) is 16.6. The van der Waals surface area contributed by atoms with Crippen LogP contribution in [0.3, 0.4) is 0 Å². The number of ether oxygens (including phenoxy) is 1. The maximum atomic E-state index is 12.5. The normalized spacial score (nSPS) is 25.2. The molecule has 2 heterocycles. The molecule has 1 aliphatic heterocycles. The van der Waals surface area contributed by atoms with Crippen LogP contribution in [-0.2, 0) is 20.9 Å². The van der Waals surface area contributed by atoms with E-state index in [0.29, 0.717) is 6.42 Å². The number of ketones is 1. The molecule has 114 valence electrons. The van der Waals surface area contributed by atoms with Crippen LogP contribution < -0.4 is 4.57 Å². The van der Waals surface area contributed by atoms with Gasteiger partial charge in [0.2, 0.25) is 12.3 Å². The number of halogens is 2. The summed E-state index contributed by atoms with van der Waals surface area (Å²) in [6.07, 6.45) is 4.10. The summed E-state index contributed by atoms with van der Waals surface area (Å²) in [5, 5.41) is 0. The molecule has 0 N–H and O–H groups in total. The molecule has 0 radical (unpaired) electrons. The zero-order valence-electron chi connectivity index (χ0n) is 12.2. The van der Waals surface area contributed by atoms with Gasteiger partial charge in [-0.15, -0.1) is 0 Å². The Bertz CT molecular complexity index is 568. The van der Waals surface area contributed by atoms with Crippen molar-refractivity contribution in [1.29, 1.82) is 0 Å². The van der Waals surface area contributed by atoms with Gasteiger partial charge in [0.1, 0.15) is 0 Å². The molecule has 0 aromatic carbocycles. The van der Waals surface area contributed by atoms with Gasteiger partial charge in [0.05, 0.1) is 14.9 Å². The van der Waals surface area contributed by atoms with Crippen LogP contribution in [0.25, 0.3) is 0 Å². The van der Waals surface area contributed by atoms with Crippen molar-refractivity contribution >= 4 is 43.6 Å². The lowest BCUT2D eigenvalue weighted by atomic mass is 9.86. The lowest BCUT2D eigenvalue weighted by Gasteiger charge is -2.19. The summed E-state index contributed by atoms with van der Waals surface area (Å²) >= 11 is 6.78. The van der Waals surface area contributed by atoms with Gasteiger partial charge in [0.15, 0.2) is 18.0 Å². The second-order valence-corrected chi connectivity index (χ2v) is 7.81. The molecule has 4 nitrogen and oxygen atoms in total. The summed E-state index contributed by atoms with van der Waals surface area (Å²) in [5.41, 5.74) is -1.02. The van der Waals surface area contributed by atoms with Crippen LogP contribution in [0.4, 0.5) is 0 Å². The minimum Gasteiger partial charge on any atom is -0.451 e. The van der Waals surface area contributed by atoms with Crippen LogP contribution in [0, 0.1) is 11.8 Å². The van der Waals surface area contributed by atoms with E-state index in [-0.39, 0.29) is 30.1 Å². The maximum Gasteiger partial charge on any atom is 0.310 e. The summed E-state index contributed by atoms with van der Waals surface area (Å²) in [4.78, 5) is 24.4. The Morgan fingerprint density at radius 1 is 1.43 bits per heavy atom. The molecule has 0 bridgehead atoms. The Labute approximate surface area is 141 Å². The van der Waals surface area contributed by atoms with Gasteiger partial charge in [0.25, 0.3) is 0 Å². The van der Waals surface area contributed by atoms with Crippen molar-refractivity contribution in [3.05, 3.63) is 27.4 Å². The highest BCUT2D eigenvalue weighted by Gasteiger charge is 2.50. The highest BCUT2D eigenvalue weighted by Crippen LogP contribution is 2.35. The molecule has 0 spiro atoms. The fourth-order valence-corrected chi connectivity index (χ4v) is 3.83. The highest BCUT2D eigenvalue weighted by molar-refractivity contribution is 9.11. The molecule has 21 heavy (non-hydrogen) atoms. The number of nitrogens with zero attached hydrogens (tertiary/aromatic N) is 1. The van der Waals surface area contributed by atoms with E-state index in [0.717, 1.165) is 8.95 Å². The number of rotatable bonds is 4. The SMILES string of the molecule is CC(C)C1CC(C)(C(=O)C[n+]2cc(Br)cc(Br)c2)OC1=O. The number of esters is 1. The van der Waals surface area contributed by atoms with E-state index >= 15 is 0 Å². The van der Waals surface area contributed by atoms with Crippen molar-refractivity contribution in [2.75, 3.05) is 0 Å². The average molecular weight is 420 g/mol. The van der Waals surface area contributed by atoms with Crippen molar-refractivity contribution in [2.24, 2.45) is 11.8 Å². The Hall–Kier alpha value is -0.750. The fraction of sp³-hybridized carbons (Fsp3) is 0.533. The standard InChI is InChI=1S/C15H18Br2NO3/c1-9(2)12-5-15(3,21-14(12)20)13(19)8-18-6-10(16)4-11(17)7-18/h4,6-7,9,12H,5,8H2,1-3H3/q+1. The van der Waals surface area contributed by atoms with E-state index in [1.807, 2.05) is 32.3 Å². The first-order chi connectivity index (χ1) is 9.71. The smallest absolute Gasteiger partial charge is 0.310 e. The fourth-order valence-electron chi connectivity index (χ4n) is 2.51. The van der Waals surface area contributed by atoms with Crippen LogP contribution in [0.1, 0.15) is 27.2 Å².